The third-order valence-corrected chi connectivity index (χ3v) is 3.97. The zero-order chi connectivity index (χ0) is 12.4. The molecule has 5 nitrogen and oxygen atoms in total. The van der Waals surface area contributed by atoms with E-state index in [0.29, 0.717) is 12.1 Å². The molecule has 0 radical (unpaired) electrons. The number of nitrogens with zero attached hydrogens (tertiary/aromatic N) is 3. The molecule has 5 heteroatoms. The van der Waals surface area contributed by atoms with Crippen molar-refractivity contribution in [3.05, 3.63) is 11.6 Å². The quantitative estimate of drug-likeness (QED) is 0.878. The molecule has 2 aliphatic heterocycles. The van der Waals surface area contributed by atoms with Crippen molar-refractivity contribution in [2.75, 3.05) is 6.61 Å². The Kier molecular flexibility index (Phi) is 3.61. The van der Waals surface area contributed by atoms with Gasteiger partial charge >= 0.3 is 0 Å². The normalized spacial score (nSPS) is 28.1. The van der Waals surface area contributed by atoms with Crippen LogP contribution in [-0.2, 0) is 24.2 Å². The fourth-order valence-corrected chi connectivity index (χ4v) is 2.92. The lowest BCUT2D eigenvalue weighted by Crippen LogP contribution is -2.38. The van der Waals surface area contributed by atoms with E-state index in [1.54, 1.807) is 0 Å². The molecule has 0 spiro atoms. The van der Waals surface area contributed by atoms with Crippen LogP contribution in [0.2, 0.25) is 0 Å². The molecule has 1 fully saturated rings. The molecule has 2 aliphatic rings. The van der Waals surface area contributed by atoms with Crippen molar-refractivity contribution in [1.82, 2.24) is 20.1 Å². The van der Waals surface area contributed by atoms with Gasteiger partial charge in [-0.2, -0.15) is 0 Å². The predicted molar refractivity (Wildman–Crippen MR) is 68.2 cm³/mol. The van der Waals surface area contributed by atoms with Gasteiger partial charge in [0.05, 0.1) is 12.6 Å². The van der Waals surface area contributed by atoms with Crippen LogP contribution >= 0.6 is 0 Å². The summed E-state index contributed by atoms with van der Waals surface area (Å²) < 4.78 is 7.85. The number of aryl methyl sites for hydroxylation is 1. The first-order valence-electron chi connectivity index (χ1n) is 7.09. The minimum Gasteiger partial charge on any atom is -0.378 e. The van der Waals surface area contributed by atoms with E-state index in [1.807, 2.05) is 0 Å². The minimum absolute atomic E-state index is 0.378. The van der Waals surface area contributed by atoms with E-state index in [4.69, 9.17) is 4.74 Å². The van der Waals surface area contributed by atoms with Crippen molar-refractivity contribution in [1.29, 1.82) is 0 Å². The molecule has 1 aromatic heterocycles. The molecule has 1 aromatic rings. The number of nitrogens with one attached hydrogen (secondary N) is 1. The van der Waals surface area contributed by atoms with E-state index in [0.717, 1.165) is 44.8 Å². The smallest absolute Gasteiger partial charge is 0.147 e. The van der Waals surface area contributed by atoms with Crippen LogP contribution in [0.5, 0.6) is 0 Å². The maximum Gasteiger partial charge on any atom is 0.147 e. The highest BCUT2D eigenvalue weighted by molar-refractivity contribution is 4.99. The highest BCUT2D eigenvalue weighted by atomic mass is 16.5. The number of ether oxygens (including phenoxy) is 1. The van der Waals surface area contributed by atoms with E-state index < -0.39 is 0 Å². The monoisotopic (exact) mass is 250 g/mol. The van der Waals surface area contributed by atoms with Gasteiger partial charge in [-0.3, -0.25) is 0 Å². The largest absolute Gasteiger partial charge is 0.378 e. The number of rotatable bonds is 3. The first-order chi connectivity index (χ1) is 8.83. The average molecular weight is 250 g/mol. The zero-order valence-electron chi connectivity index (χ0n) is 11.1. The molecule has 0 bridgehead atoms. The summed E-state index contributed by atoms with van der Waals surface area (Å²) in [6, 6.07) is 0.560. The van der Waals surface area contributed by atoms with Crippen LogP contribution in [0.3, 0.4) is 0 Å². The highest BCUT2D eigenvalue weighted by Gasteiger charge is 2.20. The molecule has 2 atom stereocenters. The molecule has 100 valence electrons. The van der Waals surface area contributed by atoms with E-state index in [2.05, 4.69) is 27.0 Å². The van der Waals surface area contributed by atoms with Crippen LogP contribution in [0.1, 0.15) is 44.3 Å². The Morgan fingerprint density at radius 3 is 3.22 bits per heavy atom. The van der Waals surface area contributed by atoms with Gasteiger partial charge in [0.1, 0.15) is 11.6 Å². The molecule has 0 saturated carbocycles. The molecule has 1 saturated heterocycles. The van der Waals surface area contributed by atoms with Crippen LogP contribution in [0.25, 0.3) is 0 Å². The molecule has 0 aliphatic carbocycles. The summed E-state index contributed by atoms with van der Waals surface area (Å²) in [6.45, 7) is 4.94. The van der Waals surface area contributed by atoms with Crippen LogP contribution in [0.4, 0.5) is 0 Å². The van der Waals surface area contributed by atoms with E-state index in [9.17, 15) is 0 Å². The summed E-state index contributed by atoms with van der Waals surface area (Å²) in [5.41, 5.74) is 0. The molecular weight excluding hydrogens is 228 g/mol. The van der Waals surface area contributed by atoms with Crippen molar-refractivity contribution in [3.63, 3.8) is 0 Å². The number of hydrogen-bond donors (Lipinski definition) is 1. The van der Waals surface area contributed by atoms with Crippen molar-refractivity contribution in [2.45, 2.75) is 64.3 Å². The fraction of sp³-hybridized carbons (Fsp3) is 0.846. The lowest BCUT2D eigenvalue weighted by molar-refractivity contribution is 0.0129. The maximum atomic E-state index is 5.56. The van der Waals surface area contributed by atoms with E-state index >= 15 is 0 Å². The topological polar surface area (TPSA) is 52.0 Å². The third-order valence-electron chi connectivity index (χ3n) is 3.97. The summed E-state index contributed by atoms with van der Waals surface area (Å²) >= 11 is 0. The first kappa shape index (κ1) is 12.1. The van der Waals surface area contributed by atoms with Crippen LogP contribution in [0.15, 0.2) is 0 Å². The van der Waals surface area contributed by atoms with Crippen molar-refractivity contribution >= 4 is 0 Å². The Labute approximate surface area is 108 Å². The Morgan fingerprint density at radius 2 is 2.33 bits per heavy atom. The SMILES string of the molecule is CC1CC(NCc2nnc3n2CCCC3)CCO1. The van der Waals surface area contributed by atoms with Gasteiger partial charge in [0.15, 0.2) is 0 Å². The molecule has 0 amide bonds. The van der Waals surface area contributed by atoms with Crippen LogP contribution < -0.4 is 5.32 Å². The lowest BCUT2D eigenvalue weighted by atomic mass is 10.0. The van der Waals surface area contributed by atoms with Crippen molar-refractivity contribution in [2.24, 2.45) is 0 Å². The average Bonchev–Trinajstić information content (AvgIpc) is 2.80. The Bertz CT molecular complexity index is 404. The lowest BCUT2D eigenvalue weighted by Gasteiger charge is -2.28. The Balaban J connectivity index is 1.58. The summed E-state index contributed by atoms with van der Waals surface area (Å²) in [6.07, 6.45) is 6.17. The second-order valence-electron chi connectivity index (χ2n) is 5.42. The molecule has 0 aromatic carbocycles. The number of hydrogen-bond acceptors (Lipinski definition) is 4. The van der Waals surface area contributed by atoms with Gasteiger partial charge in [0, 0.05) is 25.6 Å². The van der Waals surface area contributed by atoms with Gasteiger partial charge < -0.3 is 14.6 Å². The summed E-state index contributed by atoms with van der Waals surface area (Å²) in [4.78, 5) is 0. The number of fused-ring (bicyclic) bond motifs is 1. The highest BCUT2D eigenvalue weighted by Crippen LogP contribution is 2.16. The van der Waals surface area contributed by atoms with Crippen molar-refractivity contribution < 1.29 is 4.74 Å². The Hall–Kier alpha value is -0.940. The molecule has 18 heavy (non-hydrogen) atoms. The van der Waals surface area contributed by atoms with E-state index in [1.165, 1.54) is 18.7 Å². The van der Waals surface area contributed by atoms with Gasteiger partial charge in [-0.25, -0.2) is 0 Å². The minimum atomic E-state index is 0.378. The molecular formula is C13H22N4O. The van der Waals surface area contributed by atoms with Gasteiger partial charge in [0.25, 0.3) is 0 Å². The summed E-state index contributed by atoms with van der Waals surface area (Å²) in [5, 5.41) is 12.2. The molecule has 2 unspecified atom stereocenters. The van der Waals surface area contributed by atoms with Gasteiger partial charge in [-0.05, 0) is 32.6 Å². The summed E-state index contributed by atoms with van der Waals surface area (Å²) in [5.74, 6) is 2.27. The second-order valence-corrected chi connectivity index (χ2v) is 5.42. The first-order valence-corrected chi connectivity index (χ1v) is 7.09. The zero-order valence-corrected chi connectivity index (χ0v) is 11.1. The third kappa shape index (κ3) is 2.57. The molecule has 1 N–H and O–H groups in total. The maximum absolute atomic E-state index is 5.56. The van der Waals surface area contributed by atoms with Crippen LogP contribution in [0, 0.1) is 0 Å². The van der Waals surface area contributed by atoms with Gasteiger partial charge in [-0.15, -0.1) is 10.2 Å². The van der Waals surface area contributed by atoms with Crippen LogP contribution in [-0.4, -0.2) is 33.5 Å². The molecule has 3 rings (SSSR count). The van der Waals surface area contributed by atoms with Crippen molar-refractivity contribution in [3.8, 4) is 0 Å². The summed E-state index contributed by atoms with van der Waals surface area (Å²) in [7, 11) is 0. The Morgan fingerprint density at radius 1 is 1.39 bits per heavy atom. The fourth-order valence-electron chi connectivity index (χ4n) is 2.92. The standard InChI is InChI=1S/C13H22N4O/c1-10-8-11(5-7-18-10)14-9-13-16-15-12-4-2-3-6-17(12)13/h10-11,14H,2-9H2,1H3. The van der Waals surface area contributed by atoms with Gasteiger partial charge in [0.2, 0.25) is 0 Å². The second kappa shape index (κ2) is 5.36. The molecule has 3 heterocycles. The van der Waals surface area contributed by atoms with E-state index in [-0.39, 0.29) is 0 Å². The predicted octanol–water partition coefficient (Wildman–Crippen LogP) is 1.27. The number of aromatic nitrogens is 3. The van der Waals surface area contributed by atoms with Gasteiger partial charge in [-0.1, -0.05) is 0 Å².